The fraction of sp³-hybridized carbons (Fsp3) is 0.182. The number of halogens is 2. The molecular formula is C11H11BrFN3S. The van der Waals surface area contributed by atoms with Crippen LogP contribution in [0.4, 0.5) is 4.39 Å². The van der Waals surface area contributed by atoms with Gasteiger partial charge in [-0.3, -0.25) is 5.84 Å². The van der Waals surface area contributed by atoms with Gasteiger partial charge >= 0.3 is 0 Å². The van der Waals surface area contributed by atoms with Crippen molar-refractivity contribution < 1.29 is 4.39 Å². The summed E-state index contributed by atoms with van der Waals surface area (Å²) < 4.78 is 14.6. The van der Waals surface area contributed by atoms with Gasteiger partial charge in [0.05, 0.1) is 11.0 Å². The van der Waals surface area contributed by atoms with Gasteiger partial charge in [-0.1, -0.05) is 15.9 Å². The van der Waals surface area contributed by atoms with Gasteiger partial charge in [-0.05, 0) is 25.1 Å². The Kier molecular flexibility index (Phi) is 3.88. The molecule has 2 aromatic rings. The van der Waals surface area contributed by atoms with Gasteiger partial charge in [-0.25, -0.2) is 14.8 Å². The quantitative estimate of drug-likeness (QED) is 0.676. The largest absolute Gasteiger partial charge is 0.271 e. The maximum Gasteiger partial charge on any atom is 0.128 e. The predicted octanol–water partition coefficient (Wildman–Crippen LogP) is 2.91. The zero-order valence-corrected chi connectivity index (χ0v) is 11.5. The maximum atomic E-state index is 13.8. The first-order valence-corrected chi connectivity index (χ1v) is 6.56. The molecule has 90 valence electrons. The Labute approximate surface area is 111 Å². The first-order valence-electron chi connectivity index (χ1n) is 4.95. The molecule has 17 heavy (non-hydrogen) atoms. The minimum absolute atomic E-state index is 0.290. The smallest absolute Gasteiger partial charge is 0.128 e. The van der Waals surface area contributed by atoms with E-state index in [-0.39, 0.29) is 11.9 Å². The third-order valence-corrected chi connectivity index (χ3v) is 3.83. The van der Waals surface area contributed by atoms with E-state index in [4.69, 9.17) is 5.84 Å². The molecule has 0 saturated heterocycles. The van der Waals surface area contributed by atoms with Gasteiger partial charge in [0, 0.05) is 21.1 Å². The molecule has 1 aromatic carbocycles. The lowest BCUT2D eigenvalue weighted by molar-refractivity contribution is 0.563. The maximum absolute atomic E-state index is 13.8. The summed E-state index contributed by atoms with van der Waals surface area (Å²) in [7, 11) is 0. The van der Waals surface area contributed by atoms with Crippen molar-refractivity contribution in [1.29, 1.82) is 0 Å². The van der Waals surface area contributed by atoms with E-state index in [0.29, 0.717) is 5.56 Å². The average molecular weight is 316 g/mol. The van der Waals surface area contributed by atoms with Gasteiger partial charge in [-0.2, -0.15) is 0 Å². The van der Waals surface area contributed by atoms with Crippen molar-refractivity contribution in [2.24, 2.45) is 5.84 Å². The van der Waals surface area contributed by atoms with Gasteiger partial charge in [0.15, 0.2) is 0 Å². The van der Waals surface area contributed by atoms with E-state index in [2.05, 4.69) is 26.3 Å². The van der Waals surface area contributed by atoms with Crippen LogP contribution in [0.1, 0.15) is 21.5 Å². The van der Waals surface area contributed by atoms with Crippen molar-refractivity contribution >= 4 is 27.3 Å². The van der Waals surface area contributed by atoms with Crippen LogP contribution in [0.15, 0.2) is 28.9 Å². The Morgan fingerprint density at radius 1 is 1.53 bits per heavy atom. The van der Waals surface area contributed by atoms with Gasteiger partial charge < -0.3 is 0 Å². The molecule has 1 unspecified atom stereocenters. The van der Waals surface area contributed by atoms with E-state index >= 15 is 0 Å². The SMILES string of the molecule is Cc1ncc(C(NN)c2cc(Br)ccc2F)s1. The highest BCUT2D eigenvalue weighted by Gasteiger charge is 2.18. The van der Waals surface area contributed by atoms with Gasteiger partial charge in [0.2, 0.25) is 0 Å². The number of hydrogen-bond acceptors (Lipinski definition) is 4. The first-order chi connectivity index (χ1) is 8.11. The monoisotopic (exact) mass is 315 g/mol. The Bertz CT molecular complexity index is 529. The van der Waals surface area contributed by atoms with E-state index in [0.717, 1.165) is 14.4 Å². The lowest BCUT2D eigenvalue weighted by Crippen LogP contribution is -2.28. The third kappa shape index (κ3) is 2.71. The fourth-order valence-electron chi connectivity index (χ4n) is 1.57. The Morgan fingerprint density at radius 2 is 2.29 bits per heavy atom. The zero-order valence-electron chi connectivity index (χ0n) is 9.08. The van der Waals surface area contributed by atoms with Crippen molar-refractivity contribution in [2.45, 2.75) is 13.0 Å². The summed E-state index contributed by atoms with van der Waals surface area (Å²) >= 11 is 4.82. The molecule has 0 fully saturated rings. The fourth-order valence-corrected chi connectivity index (χ4v) is 2.82. The second kappa shape index (κ2) is 5.22. The van der Waals surface area contributed by atoms with Crippen LogP contribution in [0.2, 0.25) is 0 Å². The molecule has 3 N–H and O–H groups in total. The molecule has 0 saturated carbocycles. The summed E-state index contributed by atoms with van der Waals surface area (Å²) in [5.74, 6) is 5.22. The third-order valence-electron chi connectivity index (χ3n) is 2.36. The van der Waals surface area contributed by atoms with E-state index < -0.39 is 0 Å². The molecule has 0 amide bonds. The van der Waals surface area contributed by atoms with Crippen LogP contribution in [0.25, 0.3) is 0 Å². The highest BCUT2D eigenvalue weighted by Crippen LogP contribution is 2.29. The second-order valence-electron chi connectivity index (χ2n) is 3.55. The van der Waals surface area contributed by atoms with Crippen molar-refractivity contribution in [1.82, 2.24) is 10.4 Å². The van der Waals surface area contributed by atoms with Crippen LogP contribution < -0.4 is 11.3 Å². The average Bonchev–Trinajstić information content (AvgIpc) is 2.71. The minimum atomic E-state index is -0.376. The number of nitrogens with zero attached hydrogens (tertiary/aromatic N) is 1. The molecule has 0 radical (unpaired) electrons. The number of thiazole rings is 1. The van der Waals surface area contributed by atoms with E-state index in [1.54, 1.807) is 18.3 Å². The molecule has 0 aliphatic rings. The number of hydrogen-bond donors (Lipinski definition) is 2. The lowest BCUT2D eigenvalue weighted by Gasteiger charge is -2.15. The first kappa shape index (κ1) is 12.6. The molecule has 0 spiro atoms. The molecular weight excluding hydrogens is 305 g/mol. The van der Waals surface area contributed by atoms with Gasteiger partial charge in [0.1, 0.15) is 5.82 Å². The number of nitrogens with two attached hydrogens (primary N) is 1. The van der Waals surface area contributed by atoms with Crippen LogP contribution in [0, 0.1) is 12.7 Å². The Morgan fingerprint density at radius 3 is 2.88 bits per heavy atom. The van der Waals surface area contributed by atoms with Crippen molar-refractivity contribution in [3.05, 3.63) is 50.1 Å². The molecule has 2 rings (SSSR count). The minimum Gasteiger partial charge on any atom is -0.271 e. The molecule has 1 aromatic heterocycles. The number of benzene rings is 1. The highest BCUT2D eigenvalue weighted by molar-refractivity contribution is 9.10. The topological polar surface area (TPSA) is 50.9 Å². The van der Waals surface area contributed by atoms with Crippen molar-refractivity contribution in [2.75, 3.05) is 0 Å². The van der Waals surface area contributed by atoms with Crippen LogP contribution >= 0.6 is 27.3 Å². The van der Waals surface area contributed by atoms with E-state index in [1.807, 2.05) is 6.92 Å². The van der Waals surface area contributed by atoms with E-state index in [9.17, 15) is 4.39 Å². The summed E-state index contributed by atoms with van der Waals surface area (Å²) in [6.45, 7) is 1.90. The molecule has 1 atom stereocenters. The normalized spacial score (nSPS) is 12.7. The van der Waals surface area contributed by atoms with Crippen molar-refractivity contribution in [3.8, 4) is 0 Å². The van der Waals surface area contributed by atoms with Gasteiger partial charge in [0.25, 0.3) is 0 Å². The molecule has 6 heteroatoms. The van der Waals surface area contributed by atoms with E-state index in [1.165, 1.54) is 17.4 Å². The number of hydrazine groups is 1. The summed E-state index contributed by atoms with van der Waals surface area (Å²) in [4.78, 5) is 5.04. The zero-order chi connectivity index (χ0) is 12.4. The Hall–Kier alpha value is -0.820. The molecule has 0 bridgehead atoms. The lowest BCUT2D eigenvalue weighted by atomic mass is 10.1. The van der Waals surface area contributed by atoms with Gasteiger partial charge in [-0.15, -0.1) is 11.3 Å². The summed E-state index contributed by atoms with van der Waals surface area (Å²) in [6, 6.07) is 4.41. The predicted molar refractivity (Wildman–Crippen MR) is 70.1 cm³/mol. The van der Waals surface area contributed by atoms with Crippen molar-refractivity contribution in [3.63, 3.8) is 0 Å². The number of nitrogens with one attached hydrogen (secondary N) is 1. The molecule has 0 aliphatic carbocycles. The number of aryl methyl sites for hydroxylation is 1. The highest BCUT2D eigenvalue weighted by atomic mass is 79.9. The molecule has 1 heterocycles. The molecule has 3 nitrogen and oxygen atoms in total. The van der Waals surface area contributed by atoms with Crippen LogP contribution in [0.5, 0.6) is 0 Å². The second-order valence-corrected chi connectivity index (χ2v) is 5.73. The van der Waals surface area contributed by atoms with Crippen LogP contribution in [0.3, 0.4) is 0 Å². The van der Waals surface area contributed by atoms with Crippen LogP contribution in [-0.2, 0) is 0 Å². The summed E-state index contributed by atoms with van der Waals surface area (Å²) in [5.41, 5.74) is 3.13. The summed E-state index contributed by atoms with van der Waals surface area (Å²) in [6.07, 6.45) is 1.71. The standard InChI is InChI=1S/C11H11BrFN3S/c1-6-15-5-10(17-6)11(16-14)8-4-7(12)2-3-9(8)13/h2-5,11,16H,14H2,1H3. The Balaban J connectivity index is 2.45. The number of rotatable bonds is 3. The van der Waals surface area contributed by atoms with Crippen LogP contribution in [-0.4, -0.2) is 4.98 Å². The molecule has 0 aliphatic heterocycles. The summed E-state index contributed by atoms with van der Waals surface area (Å²) in [5, 5.41) is 0.927. The number of aromatic nitrogens is 1.